The third-order valence-electron chi connectivity index (χ3n) is 21.4. The molecule has 18 unspecified atom stereocenters. The zero-order valence-corrected chi connectivity index (χ0v) is 70.1. The lowest BCUT2D eigenvalue weighted by molar-refractivity contribution is -0.334. The van der Waals surface area contributed by atoms with Gasteiger partial charge in [-0.3, -0.25) is 53.1 Å². The van der Waals surface area contributed by atoms with Crippen molar-refractivity contribution in [2.45, 2.75) is 163 Å². The number of hydrazine groups is 1. The third-order valence-corrected chi connectivity index (χ3v) is 22.2. The van der Waals surface area contributed by atoms with Gasteiger partial charge in [0.15, 0.2) is 23.9 Å². The van der Waals surface area contributed by atoms with Gasteiger partial charge in [-0.05, 0) is 145 Å². The number of carbonyl (C=O) groups is 9. The summed E-state index contributed by atoms with van der Waals surface area (Å²) in [7, 11) is 4.29. The Hall–Kier alpha value is -11.6. The topological polar surface area (TPSA) is 576 Å². The highest BCUT2D eigenvalue weighted by Crippen LogP contribution is 2.50. The fraction of sp³-hybridized carbons (Fsp3) is 0.386. The van der Waals surface area contributed by atoms with Crippen molar-refractivity contribution >= 4 is 99.9 Å². The standard InChI is InChI=1S/C83H93Cl3N14O25/c1-35(2)24-48(88-5)74(112)96-65-67(107)39-12-17-52(46(85)26-39)121-54-28-41-29-55(71(54)125-81-72(70(110)69(109)56(34-101)123-81)124-60-33-83(4,73(111)36(3)120-60)89-21-23-100-22-20-58(92-82(100)119)91-59(106)19-10-37-8-14-42(84)15-9-37)122-53-18-13-40(27-47(53)86)68(108)66-79(117)95-64(80(118)98-99(6)7)45-30-43(102)31-51(104)61(45)44-25-38(11-16-50(44)103)62(76(114)97-66)94-77(115)63(41)93-75(113)49(32-57(87)105)90-78(65)116/h8-20,22,25-31,35-36,48-49,56,60,62-70,72-73,81,88-89,101-104,107-111H,21,23-24,32-34H2,1-7H3,(H2,87,105)(H,90,116)(H,93,113)(H,94,115)(H,95,117)(H,96,112)(H,97,114)(H,98,118)(H,91,92,106,119)/b19-10+. The van der Waals surface area contributed by atoms with Crippen LogP contribution in [0.25, 0.3) is 17.2 Å². The first-order valence-corrected chi connectivity index (χ1v) is 40.4. The molecule has 125 heavy (non-hydrogen) atoms. The van der Waals surface area contributed by atoms with E-state index in [0.717, 1.165) is 60.7 Å². The van der Waals surface area contributed by atoms with E-state index in [1.807, 2.05) is 13.8 Å². The molecular weight excluding hydrogens is 1700 g/mol. The maximum Gasteiger partial charge on any atom is 0.349 e. The van der Waals surface area contributed by atoms with Gasteiger partial charge in [0.05, 0.1) is 41.3 Å². The summed E-state index contributed by atoms with van der Waals surface area (Å²) >= 11 is 20.4. The number of rotatable bonds is 21. The fourth-order valence-electron chi connectivity index (χ4n) is 15.0. The largest absolute Gasteiger partial charge is 0.508 e. The molecule has 0 saturated carbocycles. The van der Waals surface area contributed by atoms with Crippen LogP contribution in [0.4, 0.5) is 5.82 Å². The van der Waals surface area contributed by atoms with E-state index in [2.05, 4.69) is 58.3 Å². The zero-order valence-electron chi connectivity index (χ0n) is 67.9. The summed E-state index contributed by atoms with van der Waals surface area (Å²) in [5, 5.41) is 131. The normalized spacial score (nSPS) is 26.0. The third kappa shape index (κ3) is 21.3. The van der Waals surface area contributed by atoms with E-state index in [-0.39, 0.29) is 70.7 Å². The summed E-state index contributed by atoms with van der Waals surface area (Å²) in [5.74, 6) is -15.8. The molecule has 7 aromatic rings. The monoisotopic (exact) mass is 1790 g/mol. The van der Waals surface area contributed by atoms with Gasteiger partial charge >= 0.3 is 5.69 Å². The summed E-state index contributed by atoms with van der Waals surface area (Å²) in [6.45, 7) is 5.63. The second kappa shape index (κ2) is 39.3. The Morgan fingerprint density at radius 3 is 1.99 bits per heavy atom. The van der Waals surface area contributed by atoms with E-state index in [4.69, 9.17) is 69.0 Å². The van der Waals surface area contributed by atoms with Gasteiger partial charge in [-0.25, -0.2) is 9.80 Å². The number of primary amides is 1. The lowest BCUT2D eigenvalue weighted by Crippen LogP contribution is -2.65. The van der Waals surface area contributed by atoms with Crippen LogP contribution in [0.3, 0.4) is 0 Å². The number of hydrogen-bond acceptors (Lipinski definition) is 29. The first-order valence-electron chi connectivity index (χ1n) is 39.3. The Morgan fingerprint density at radius 2 is 1.37 bits per heavy atom. The number of nitrogens with two attached hydrogens (primary N) is 1. The van der Waals surface area contributed by atoms with Crippen molar-refractivity contribution in [1.29, 1.82) is 0 Å². The molecule has 21 N–H and O–H groups in total. The number of nitrogens with one attached hydrogen (secondary N) is 10. The van der Waals surface area contributed by atoms with E-state index >= 15 is 24.0 Å². The molecule has 666 valence electrons. The van der Waals surface area contributed by atoms with Gasteiger partial charge in [0, 0.05) is 73.6 Å². The number of fused-ring (bicyclic) bond motifs is 15. The number of benzene rings is 6. The average Bonchev–Trinajstić information content (AvgIpc) is 0.766. The van der Waals surface area contributed by atoms with Crippen LogP contribution in [0.15, 0.2) is 126 Å². The Morgan fingerprint density at radius 1 is 0.728 bits per heavy atom. The molecule has 1 aromatic heterocycles. The summed E-state index contributed by atoms with van der Waals surface area (Å²) in [6, 6.07) is 7.98. The van der Waals surface area contributed by atoms with E-state index in [1.165, 1.54) is 80.3 Å². The number of amides is 9. The predicted molar refractivity (Wildman–Crippen MR) is 445 cm³/mol. The van der Waals surface area contributed by atoms with Gasteiger partial charge in [-0.2, -0.15) is 4.98 Å². The van der Waals surface area contributed by atoms with Crippen LogP contribution in [0, 0.1) is 5.92 Å². The highest BCUT2D eigenvalue weighted by Gasteiger charge is 2.52. The van der Waals surface area contributed by atoms with Crippen LogP contribution in [0.5, 0.6) is 46.0 Å². The van der Waals surface area contributed by atoms with E-state index in [1.54, 1.807) is 31.2 Å². The number of anilines is 1. The highest BCUT2D eigenvalue weighted by molar-refractivity contribution is 6.32. The minimum atomic E-state index is -2.38. The molecule has 7 aliphatic heterocycles. The van der Waals surface area contributed by atoms with Crippen molar-refractivity contribution in [1.82, 2.24) is 62.5 Å². The SMILES string of the molecule is CNC(CC(C)C)C(=O)NC1C(=O)NC(CC(N)=O)C(=O)NC2C(=O)NC3C(=O)NC(C(=O)NC(C(=O)NN(C)C)c4cc(O)cc(O)c4-c4cc3ccc4O)C(O)c3ccc(c(Cl)c3)Oc3cc2cc(c3OC2OC(CO)C(O)C(O)C2OC2CC(C)(NCCn3ccc(NC(=O)/C=C/c4ccc(Cl)cc4)nc3=O)C(O)C(C)O2)Oc2ccc(cc2Cl)C1O. The Kier molecular flexibility index (Phi) is 29.1. The molecule has 6 aromatic carbocycles. The number of ether oxygens (including phenoxy) is 6. The number of carbonyl (C=O) groups excluding carboxylic acids is 9. The number of phenolic OH excluding ortho intramolecular Hbond substituents is 3. The molecule has 2 fully saturated rings. The number of aromatic hydroxyl groups is 3. The molecule has 14 rings (SSSR count). The number of aliphatic hydroxyl groups is 6. The van der Waals surface area contributed by atoms with Crippen LogP contribution in [-0.2, 0) is 63.9 Å². The fourth-order valence-corrected chi connectivity index (χ4v) is 15.6. The first-order chi connectivity index (χ1) is 59.3. The number of aromatic nitrogens is 2. The van der Waals surface area contributed by atoms with Crippen LogP contribution in [-0.4, -0.2) is 227 Å². The molecule has 39 nitrogen and oxygen atoms in total. The van der Waals surface area contributed by atoms with Gasteiger partial charge in [-0.15, -0.1) is 0 Å². The van der Waals surface area contributed by atoms with Crippen molar-refractivity contribution in [2.24, 2.45) is 11.7 Å². The van der Waals surface area contributed by atoms with Crippen molar-refractivity contribution in [3.8, 4) is 57.1 Å². The Balaban J connectivity index is 0.998. The number of nitrogens with zero attached hydrogens (tertiary/aromatic N) is 3. The zero-order chi connectivity index (χ0) is 90.5. The maximum absolute atomic E-state index is 16.3. The van der Waals surface area contributed by atoms with Gasteiger partial charge < -0.3 is 128 Å². The Labute approximate surface area is 727 Å². The van der Waals surface area contributed by atoms with E-state index in [9.17, 15) is 69.9 Å². The van der Waals surface area contributed by atoms with E-state index in [0.29, 0.717) is 10.6 Å². The van der Waals surface area contributed by atoms with Gasteiger partial charge in [0.2, 0.25) is 59.3 Å². The summed E-state index contributed by atoms with van der Waals surface area (Å²) < 4.78 is 40.7. The van der Waals surface area contributed by atoms with Crippen molar-refractivity contribution in [3.63, 3.8) is 0 Å². The lowest BCUT2D eigenvalue weighted by atomic mass is 9.85. The average molecular weight is 1790 g/mol. The smallest absolute Gasteiger partial charge is 0.349 e. The van der Waals surface area contributed by atoms with Crippen molar-refractivity contribution < 1.29 is 118 Å². The van der Waals surface area contributed by atoms with Crippen LogP contribution < -0.4 is 78.9 Å². The van der Waals surface area contributed by atoms with Crippen LogP contribution in [0.2, 0.25) is 15.1 Å². The second-order valence-electron chi connectivity index (χ2n) is 31.2. The summed E-state index contributed by atoms with van der Waals surface area (Å²) in [5.41, 5.74) is 4.31. The molecule has 9 amide bonds. The van der Waals surface area contributed by atoms with Crippen molar-refractivity contribution in [2.75, 3.05) is 39.6 Å². The van der Waals surface area contributed by atoms with Gasteiger partial charge in [0.1, 0.15) is 101 Å². The molecular formula is C83H93Cl3N14O25. The van der Waals surface area contributed by atoms with E-state index < -0.39 is 243 Å². The second-order valence-corrected chi connectivity index (χ2v) is 32.5. The van der Waals surface area contributed by atoms with Crippen molar-refractivity contribution in [3.05, 3.63) is 180 Å². The molecule has 0 aliphatic carbocycles. The maximum atomic E-state index is 16.3. The molecule has 18 atom stereocenters. The molecule has 2 saturated heterocycles. The number of likely N-dealkylation sites (N-methyl/N-ethyl adjacent to an activating group) is 1. The first kappa shape index (κ1) is 92.5. The quantitative estimate of drug-likeness (QED) is 0.0360. The highest BCUT2D eigenvalue weighted by atomic mass is 35.5. The summed E-state index contributed by atoms with van der Waals surface area (Å²) in [4.78, 5) is 150. The van der Waals surface area contributed by atoms with Crippen LogP contribution in [0.1, 0.15) is 111 Å². The molecule has 8 heterocycles. The predicted octanol–water partition coefficient (Wildman–Crippen LogP) is 1.81. The molecule has 42 heteroatoms. The minimum Gasteiger partial charge on any atom is -0.508 e. The molecule has 0 spiro atoms. The minimum absolute atomic E-state index is 0.0314. The number of hydrogen-bond donors (Lipinski definition) is 20. The number of aliphatic hydroxyl groups excluding tert-OH is 6. The van der Waals surface area contributed by atoms with Crippen LogP contribution >= 0.6 is 34.8 Å². The van der Waals surface area contributed by atoms with Gasteiger partial charge in [0.25, 0.3) is 5.91 Å². The lowest BCUT2D eigenvalue weighted by Gasteiger charge is -2.48. The number of phenols is 3. The molecule has 7 aliphatic rings. The molecule has 11 bridgehead atoms. The Bertz CT molecular complexity index is 5380. The number of halogens is 3. The molecule has 0 radical (unpaired) electrons. The summed E-state index contributed by atoms with van der Waals surface area (Å²) in [6.07, 6.45) is -15.3. The van der Waals surface area contributed by atoms with Gasteiger partial charge in [-0.1, -0.05) is 79.0 Å².